The van der Waals surface area contributed by atoms with Crippen molar-refractivity contribution in [1.29, 1.82) is 0 Å². The number of benzene rings is 1. The molecule has 5 heteroatoms. The van der Waals surface area contributed by atoms with Crippen LogP contribution in [0.5, 0.6) is 0 Å². The largest absolute Gasteiger partial charge is 0.332 e. The normalized spacial score (nSPS) is 13.1. The minimum Gasteiger partial charge on any atom is -0.332 e. The van der Waals surface area contributed by atoms with E-state index in [4.69, 9.17) is 0 Å². The van der Waals surface area contributed by atoms with Crippen LogP contribution in [0.4, 0.5) is 10.5 Å². The third kappa shape index (κ3) is 2.66. The highest BCUT2D eigenvalue weighted by atomic mass is 16.2. The summed E-state index contributed by atoms with van der Waals surface area (Å²) in [7, 11) is 0. The summed E-state index contributed by atoms with van der Waals surface area (Å²) in [5, 5.41) is 13.0. The molecule has 1 aliphatic rings. The van der Waals surface area contributed by atoms with E-state index in [1.165, 1.54) is 23.2 Å². The van der Waals surface area contributed by atoms with Crippen LogP contribution in [0, 0.1) is 6.92 Å². The molecular weight excluding hydrogens is 252 g/mol. The highest BCUT2D eigenvalue weighted by Crippen LogP contribution is 2.22. The zero-order valence-electron chi connectivity index (χ0n) is 11.5. The molecule has 104 valence electrons. The number of aryl methyl sites for hydroxylation is 2. The zero-order valence-corrected chi connectivity index (χ0v) is 11.5. The number of carbonyl (C=O) groups excluding carboxylic acids is 1. The molecule has 0 saturated heterocycles. The van der Waals surface area contributed by atoms with Gasteiger partial charge in [0.05, 0.1) is 12.2 Å². The Hall–Kier alpha value is -2.30. The molecule has 0 fully saturated rings. The lowest BCUT2D eigenvalue weighted by atomic mass is 10.2. The Morgan fingerprint density at radius 2 is 2.10 bits per heavy atom. The lowest BCUT2D eigenvalue weighted by molar-refractivity contribution is 0.251. The van der Waals surface area contributed by atoms with Crippen LogP contribution < -0.4 is 10.6 Å². The molecule has 1 aromatic heterocycles. The number of rotatable bonds is 3. The number of carbonyl (C=O) groups is 1. The van der Waals surface area contributed by atoms with Crippen molar-refractivity contribution >= 4 is 11.7 Å². The molecule has 2 amide bonds. The third-order valence-electron chi connectivity index (χ3n) is 3.62. The van der Waals surface area contributed by atoms with Crippen molar-refractivity contribution in [3.8, 4) is 0 Å². The van der Waals surface area contributed by atoms with Gasteiger partial charge in [0, 0.05) is 11.4 Å². The Bertz CT molecular complexity index is 615. The van der Waals surface area contributed by atoms with Crippen molar-refractivity contribution in [2.75, 3.05) is 5.32 Å². The molecule has 0 unspecified atom stereocenters. The van der Waals surface area contributed by atoms with E-state index < -0.39 is 0 Å². The maximum atomic E-state index is 11.8. The number of aromatic amines is 1. The lowest BCUT2D eigenvalue weighted by Gasteiger charge is -2.07. The molecule has 3 N–H and O–H groups in total. The van der Waals surface area contributed by atoms with Crippen LogP contribution in [0.1, 0.15) is 28.9 Å². The number of nitrogens with one attached hydrogen (secondary N) is 3. The summed E-state index contributed by atoms with van der Waals surface area (Å²) in [4.78, 5) is 11.8. The first kappa shape index (κ1) is 12.7. The number of anilines is 1. The Morgan fingerprint density at radius 1 is 1.30 bits per heavy atom. The molecule has 1 aliphatic carbocycles. The summed E-state index contributed by atoms with van der Waals surface area (Å²) in [5.41, 5.74) is 5.42. The number of hydrogen-bond donors (Lipinski definition) is 3. The van der Waals surface area contributed by atoms with Crippen LogP contribution in [-0.4, -0.2) is 16.2 Å². The Labute approximate surface area is 117 Å². The average Bonchev–Trinajstić information content (AvgIpc) is 3.02. The fourth-order valence-electron chi connectivity index (χ4n) is 2.51. The van der Waals surface area contributed by atoms with Gasteiger partial charge in [-0.2, -0.15) is 5.10 Å². The van der Waals surface area contributed by atoms with Crippen LogP contribution in [0.2, 0.25) is 0 Å². The number of fused-ring (bicyclic) bond motifs is 1. The van der Waals surface area contributed by atoms with Crippen molar-refractivity contribution in [3.63, 3.8) is 0 Å². The first-order valence-electron chi connectivity index (χ1n) is 6.89. The van der Waals surface area contributed by atoms with Crippen LogP contribution >= 0.6 is 0 Å². The minimum absolute atomic E-state index is 0.205. The second kappa shape index (κ2) is 5.36. The average molecular weight is 270 g/mol. The van der Waals surface area contributed by atoms with Gasteiger partial charge in [-0.25, -0.2) is 4.79 Å². The summed E-state index contributed by atoms with van der Waals surface area (Å²) in [5.74, 6) is 0. The van der Waals surface area contributed by atoms with E-state index in [0.717, 1.165) is 24.2 Å². The van der Waals surface area contributed by atoms with Gasteiger partial charge in [0.1, 0.15) is 0 Å². The fourth-order valence-corrected chi connectivity index (χ4v) is 2.51. The molecule has 3 rings (SSSR count). The van der Waals surface area contributed by atoms with E-state index in [1.54, 1.807) is 0 Å². The predicted octanol–water partition coefficient (Wildman–Crippen LogP) is 2.53. The zero-order chi connectivity index (χ0) is 13.9. The monoisotopic (exact) mass is 270 g/mol. The second-order valence-corrected chi connectivity index (χ2v) is 5.15. The SMILES string of the molecule is Cc1ccc(NC(=O)NCc2n[nH]c3c2CCC3)cc1. The fraction of sp³-hybridized carbons (Fsp3) is 0.333. The van der Waals surface area contributed by atoms with Crippen molar-refractivity contribution in [2.24, 2.45) is 0 Å². The van der Waals surface area contributed by atoms with Crippen LogP contribution in [0.3, 0.4) is 0 Å². The number of aromatic nitrogens is 2. The number of H-pyrrole nitrogens is 1. The number of nitrogens with zero attached hydrogens (tertiary/aromatic N) is 1. The summed E-state index contributed by atoms with van der Waals surface area (Å²) in [6.07, 6.45) is 3.30. The molecule has 1 heterocycles. The summed E-state index contributed by atoms with van der Waals surface area (Å²) in [6.45, 7) is 2.48. The number of amides is 2. The molecule has 2 aromatic rings. The summed E-state index contributed by atoms with van der Waals surface area (Å²) >= 11 is 0. The third-order valence-corrected chi connectivity index (χ3v) is 3.62. The van der Waals surface area contributed by atoms with Gasteiger partial charge >= 0.3 is 6.03 Å². The van der Waals surface area contributed by atoms with E-state index in [9.17, 15) is 4.79 Å². The number of hydrogen-bond acceptors (Lipinski definition) is 2. The first-order chi connectivity index (χ1) is 9.72. The maximum Gasteiger partial charge on any atom is 0.319 e. The molecule has 5 nitrogen and oxygen atoms in total. The second-order valence-electron chi connectivity index (χ2n) is 5.15. The standard InChI is InChI=1S/C15H18N4O/c1-10-5-7-11(8-6-10)17-15(20)16-9-14-12-3-2-4-13(12)18-19-14/h5-8H,2-4,9H2,1H3,(H,18,19)(H2,16,17,20). The molecular formula is C15H18N4O. The first-order valence-corrected chi connectivity index (χ1v) is 6.89. The molecule has 20 heavy (non-hydrogen) atoms. The van der Waals surface area contributed by atoms with Crippen molar-refractivity contribution in [3.05, 3.63) is 46.8 Å². The smallest absolute Gasteiger partial charge is 0.319 e. The molecule has 0 radical (unpaired) electrons. The highest BCUT2D eigenvalue weighted by molar-refractivity contribution is 5.89. The molecule has 0 atom stereocenters. The molecule has 0 bridgehead atoms. The molecule has 1 aromatic carbocycles. The van der Waals surface area contributed by atoms with Gasteiger partial charge in [0.15, 0.2) is 0 Å². The van der Waals surface area contributed by atoms with Gasteiger partial charge in [-0.15, -0.1) is 0 Å². The topological polar surface area (TPSA) is 69.8 Å². The summed E-state index contributed by atoms with van der Waals surface area (Å²) < 4.78 is 0. The van der Waals surface area contributed by atoms with Gasteiger partial charge in [0.25, 0.3) is 0 Å². The van der Waals surface area contributed by atoms with Gasteiger partial charge < -0.3 is 10.6 Å². The van der Waals surface area contributed by atoms with Gasteiger partial charge in [-0.1, -0.05) is 17.7 Å². The van der Waals surface area contributed by atoms with E-state index in [-0.39, 0.29) is 6.03 Å². The van der Waals surface area contributed by atoms with Crippen molar-refractivity contribution < 1.29 is 4.79 Å². The quantitative estimate of drug-likeness (QED) is 0.802. The van der Waals surface area contributed by atoms with E-state index in [1.807, 2.05) is 31.2 Å². The van der Waals surface area contributed by atoms with Gasteiger partial charge in [-0.3, -0.25) is 5.10 Å². The van der Waals surface area contributed by atoms with E-state index >= 15 is 0 Å². The van der Waals surface area contributed by atoms with Crippen LogP contribution in [0.15, 0.2) is 24.3 Å². The Balaban J connectivity index is 1.55. The Morgan fingerprint density at radius 3 is 2.90 bits per heavy atom. The van der Waals surface area contributed by atoms with Crippen LogP contribution in [-0.2, 0) is 19.4 Å². The Kier molecular flexibility index (Phi) is 3.41. The summed E-state index contributed by atoms with van der Waals surface area (Å²) in [6, 6.07) is 7.51. The minimum atomic E-state index is -0.205. The molecule has 0 spiro atoms. The lowest BCUT2D eigenvalue weighted by Crippen LogP contribution is -2.28. The highest BCUT2D eigenvalue weighted by Gasteiger charge is 2.18. The van der Waals surface area contributed by atoms with Crippen molar-refractivity contribution in [1.82, 2.24) is 15.5 Å². The van der Waals surface area contributed by atoms with Gasteiger partial charge in [0.2, 0.25) is 0 Å². The maximum absolute atomic E-state index is 11.8. The number of urea groups is 1. The molecule has 0 aliphatic heterocycles. The van der Waals surface area contributed by atoms with E-state index in [0.29, 0.717) is 6.54 Å². The predicted molar refractivity (Wildman–Crippen MR) is 77.7 cm³/mol. The molecule has 0 saturated carbocycles. The van der Waals surface area contributed by atoms with Crippen LogP contribution in [0.25, 0.3) is 0 Å². The van der Waals surface area contributed by atoms with Crippen molar-refractivity contribution in [2.45, 2.75) is 32.7 Å². The van der Waals surface area contributed by atoms with E-state index in [2.05, 4.69) is 20.8 Å². The van der Waals surface area contributed by atoms with Gasteiger partial charge in [-0.05, 0) is 43.9 Å².